The average molecular weight is 488 g/mol. The molecular formula is C19H17Cl3N4O3S. The van der Waals surface area contributed by atoms with Gasteiger partial charge in [-0.2, -0.15) is 4.31 Å². The van der Waals surface area contributed by atoms with Crippen molar-refractivity contribution in [3.05, 3.63) is 67.6 Å². The van der Waals surface area contributed by atoms with Crippen molar-refractivity contribution < 1.29 is 8.42 Å². The Kier molecular flexibility index (Phi) is 6.07. The number of nitrogens with one attached hydrogen (secondary N) is 1. The van der Waals surface area contributed by atoms with Crippen LogP contribution < -0.4 is 5.56 Å². The number of nitrogens with zero attached hydrogens (tertiary/aromatic N) is 3. The Morgan fingerprint density at radius 2 is 1.63 bits per heavy atom. The van der Waals surface area contributed by atoms with Crippen molar-refractivity contribution in [2.75, 3.05) is 26.2 Å². The smallest absolute Gasteiger partial charge is 0.258 e. The van der Waals surface area contributed by atoms with Crippen LogP contribution in [0.2, 0.25) is 15.1 Å². The Morgan fingerprint density at radius 3 is 2.37 bits per heavy atom. The maximum Gasteiger partial charge on any atom is 0.258 e. The van der Waals surface area contributed by atoms with E-state index in [0.717, 1.165) is 0 Å². The third kappa shape index (κ3) is 4.34. The molecule has 4 rings (SSSR count). The standard InChI is InChI=1S/C19H17Cl3N4O3S/c20-12-1-3-14-16(9-12)23-18(24-19(14)27)11-25-5-7-26(8-6-25)30(28,29)17-10-13(21)2-4-15(17)22/h1-4,9-10H,5-8,11H2,(H,23,24,27). The van der Waals surface area contributed by atoms with Crippen LogP contribution in [0, 0.1) is 0 Å². The van der Waals surface area contributed by atoms with E-state index in [4.69, 9.17) is 34.8 Å². The molecule has 7 nitrogen and oxygen atoms in total. The van der Waals surface area contributed by atoms with Gasteiger partial charge in [-0.3, -0.25) is 9.69 Å². The fourth-order valence-corrected chi connectivity index (χ4v) is 5.72. The summed E-state index contributed by atoms with van der Waals surface area (Å²) >= 11 is 18.0. The number of fused-ring (bicyclic) bond motifs is 1. The first kappa shape index (κ1) is 21.5. The molecule has 0 spiro atoms. The molecule has 1 saturated heterocycles. The van der Waals surface area contributed by atoms with E-state index < -0.39 is 10.0 Å². The Labute approximate surface area is 188 Å². The minimum Gasteiger partial charge on any atom is -0.309 e. The third-order valence-electron chi connectivity index (χ3n) is 4.93. The number of rotatable bonds is 4. The van der Waals surface area contributed by atoms with E-state index in [1.54, 1.807) is 24.3 Å². The quantitative estimate of drug-likeness (QED) is 0.610. The van der Waals surface area contributed by atoms with Gasteiger partial charge in [0.15, 0.2) is 0 Å². The number of piperazine rings is 1. The SMILES string of the molecule is O=c1[nH]c(CN2CCN(S(=O)(=O)c3cc(Cl)ccc3Cl)CC2)nc2cc(Cl)ccc12. The summed E-state index contributed by atoms with van der Waals surface area (Å²) in [5.41, 5.74) is 0.293. The molecule has 1 aliphatic heterocycles. The second-order valence-corrected chi connectivity index (χ2v) is 10.1. The third-order valence-corrected chi connectivity index (χ3v) is 7.78. The van der Waals surface area contributed by atoms with Gasteiger partial charge in [0.2, 0.25) is 10.0 Å². The van der Waals surface area contributed by atoms with Crippen LogP contribution in [0.1, 0.15) is 5.82 Å². The van der Waals surface area contributed by atoms with Crippen LogP contribution in [0.5, 0.6) is 0 Å². The first-order chi connectivity index (χ1) is 14.2. The zero-order chi connectivity index (χ0) is 21.5. The summed E-state index contributed by atoms with van der Waals surface area (Å²) in [6, 6.07) is 9.31. The molecule has 0 bridgehead atoms. The molecule has 0 saturated carbocycles. The Morgan fingerprint density at radius 1 is 0.967 bits per heavy atom. The zero-order valence-corrected chi connectivity index (χ0v) is 18.7. The number of halogens is 3. The molecule has 1 aromatic heterocycles. The van der Waals surface area contributed by atoms with Crippen molar-refractivity contribution in [1.82, 2.24) is 19.2 Å². The number of benzene rings is 2. The van der Waals surface area contributed by atoms with Gasteiger partial charge in [-0.25, -0.2) is 13.4 Å². The van der Waals surface area contributed by atoms with E-state index in [1.807, 2.05) is 4.90 Å². The Hall–Kier alpha value is -1.68. The van der Waals surface area contributed by atoms with Crippen LogP contribution >= 0.6 is 34.8 Å². The summed E-state index contributed by atoms with van der Waals surface area (Å²) in [7, 11) is -3.75. The first-order valence-electron chi connectivity index (χ1n) is 9.10. The summed E-state index contributed by atoms with van der Waals surface area (Å²) in [5.74, 6) is 0.504. The second kappa shape index (κ2) is 8.45. The van der Waals surface area contributed by atoms with E-state index in [9.17, 15) is 13.2 Å². The number of hydrogen-bond donors (Lipinski definition) is 1. The molecule has 158 valence electrons. The summed E-state index contributed by atoms with van der Waals surface area (Å²) in [6.45, 7) is 1.93. The second-order valence-electron chi connectivity index (χ2n) is 6.93. The van der Waals surface area contributed by atoms with Crippen LogP contribution in [0.3, 0.4) is 0 Å². The summed E-state index contributed by atoms with van der Waals surface area (Å²) in [5, 5.41) is 1.42. The van der Waals surface area contributed by atoms with Crippen LogP contribution in [0.15, 0.2) is 46.1 Å². The van der Waals surface area contributed by atoms with E-state index >= 15 is 0 Å². The maximum absolute atomic E-state index is 12.9. The highest BCUT2D eigenvalue weighted by molar-refractivity contribution is 7.89. The van der Waals surface area contributed by atoms with Crippen molar-refractivity contribution in [2.45, 2.75) is 11.4 Å². The predicted molar refractivity (Wildman–Crippen MR) is 118 cm³/mol. The largest absolute Gasteiger partial charge is 0.309 e. The molecular weight excluding hydrogens is 471 g/mol. The average Bonchev–Trinajstić information content (AvgIpc) is 2.70. The lowest BCUT2D eigenvalue weighted by Crippen LogP contribution is -2.48. The molecule has 0 amide bonds. The molecule has 11 heteroatoms. The molecule has 0 atom stereocenters. The van der Waals surface area contributed by atoms with Crippen molar-refractivity contribution in [2.24, 2.45) is 0 Å². The van der Waals surface area contributed by atoms with Gasteiger partial charge in [-0.15, -0.1) is 0 Å². The van der Waals surface area contributed by atoms with Crippen LogP contribution in [-0.4, -0.2) is 53.8 Å². The summed E-state index contributed by atoms with van der Waals surface area (Å²) < 4.78 is 27.3. The number of aromatic nitrogens is 2. The van der Waals surface area contributed by atoms with Crippen molar-refractivity contribution in [1.29, 1.82) is 0 Å². The zero-order valence-electron chi connectivity index (χ0n) is 15.6. The van der Waals surface area contributed by atoms with Crippen LogP contribution in [0.4, 0.5) is 0 Å². The predicted octanol–water partition coefficient (Wildman–Crippen LogP) is 3.39. The van der Waals surface area contributed by atoms with Gasteiger partial charge < -0.3 is 4.98 Å². The molecule has 0 aliphatic carbocycles. The van der Waals surface area contributed by atoms with Crippen molar-refractivity contribution in [3.8, 4) is 0 Å². The van der Waals surface area contributed by atoms with Crippen LogP contribution in [-0.2, 0) is 16.6 Å². The molecule has 2 heterocycles. The van der Waals surface area contributed by atoms with Gasteiger partial charge >= 0.3 is 0 Å². The van der Waals surface area contributed by atoms with Gasteiger partial charge in [0.25, 0.3) is 5.56 Å². The fraction of sp³-hybridized carbons (Fsp3) is 0.263. The topological polar surface area (TPSA) is 86.4 Å². The minimum atomic E-state index is -3.75. The van der Waals surface area contributed by atoms with Crippen LogP contribution in [0.25, 0.3) is 10.9 Å². The highest BCUT2D eigenvalue weighted by atomic mass is 35.5. The normalized spacial score (nSPS) is 16.2. The molecule has 0 radical (unpaired) electrons. The number of hydrogen-bond acceptors (Lipinski definition) is 5. The Balaban J connectivity index is 1.48. The van der Waals surface area contributed by atoms with E-state index in [0.29, 0.717) is 46.4 Å². The minimum absolute atomic E-state index is 0.00233. The molecule has 1 aliphatic rings. The number of sulfonamides is 1. The Bertz CT molecular complexity index is 1270. The molecule has 3 aromatic rings. The fourth-order valence-electron chi connectivity index (χ4n) is 3.39. The van der Waals surface area contributed by atoms with Gasteiger partial charge in [0.1, 0.15) is 10.7 Å². The lowest BCUT2D eigenvalue weighted by atomic mass is 10.2. The van der Waals surface area contributed by atoms with Crippen molar-refractivity contribution >= 4 is 55.7 Å². The molecule has 1 N–H and O–H groups in total. The first-order valence-corrected chi connectivity index (χ1v) is 11.7. The summed E-state index contributed by atoms with van der Waals surface area (Å²) in [6.07, 6.45) is 0. The van der Waals surface area contributed by atoms with Gasteiger partial charge in [0.05, 0.1) is 22.5 Å². The highest BCUT2D eigenvalue weighted by Gasteiger charge is 2.30. The van der Waals surface area contributed by atoms with E-state index in [-0.39, 0.29) is 28.6 Å². The molecule has 0 unspecified atom stereocenters. The molecule has 30 heavy (non-hydrogen) atoms. The number of aromatic amines is 1. The van der Waals surface area contributed by atoms with Gasteiger partial charge in [-0.05, 0) is 36.4 Å². The van der Waals surface area contributed by atoms with E-state index in [2.05, 4.69) is 9.97 Å². The monoisotopic (exact) mass is 486 g/mol. The lowest BCUT2D eigenvalue weighted by Gasteiger charge is -2.33. The lowest BCUT2D eigenvalue weighted by molar-refractivity contribution is 0.178. The summed E-state index contributed by atoms with van der Waals surface area (Å²) in [4.78, 5) is 21.6. The highest BCUT2D eigenvalue weighted by Crippen LogP contribution is 2.28. The van der Waals surface area contributed by atoms with Gasteiger partial charge in [0, 0.05) is 36.2 Å². The molecule has 2 aromatic carbocycles. The number of H-pyrrole nitrogens is 1. The maximum atomic E-state index is 12.9. The van der Waals surface area contributed by atoms with Gasteiger partial charge in [-0.1, -0.05) is 34.8 Å². The van der Waals surface area contributed by atoms with Crippen molar-refractivity contribution in [3.63, 3.8) is 0 Å². The van der Waals surface area contributed by atoms with E-state index in [1.165, 1.54) is 16.4 Å². The molecule has 1 fully saturated rings.